The van der Waals surface area contributed by atoms with Gasteiger partial charge in [0.1, 0.15) is 5.71 Å². The molecule has 1 heterocycles. The van der Waals surface area contributed by atoms with Gasteiger partial charge in [0, 0.05) is 15.7 Å². The Kier molecular flexibility index (Phi) is 6.28. The summed E-state index contributed by atoms with van der Waals surface area (Å²) in [6.45, 7) is 3.38. The fourth-order valence-electron chi connectivity index (χ4n) is 3.12. The lowest BCUT2D eigenvalue weighted by atomic mass is 10.0. The maximum Gasteiger partial charge on any atom is 0.332 e. The van der Waals surface area contributed by atoms with Gasteiger partial charge in [0.05, 0.1) is 5.69 Å². The van der Waals surface area contributed by atoms with E-state index in [0.29, 0.717) is 26.9 Å². The summed E-state index contributed by atoms with van der Waals surface area (Å²) in [4.78, 5) is 51.1. The zero-order chi connectivity index (χ0) is 22.9. The number of benzene rings is 2. The molecule has 4 N–H and O–H groups in total. The van der Waals surface area contributed by atoms with Gasteiger partial charge in [-0.3, -0.25) is 14.4 Å². The van der Waals surface area contributed by atoms with E-state index >= 15 is 0 Å². The summed E-state index contributed by atoms with van der Waals surface area (Å²) < 4.78 is 0. The van der Waals surface area contributed by atoms with E-state index in [0.717, 1.165) is 4.90 Å². The smallest absolute Gasteiger partial charge is 0.332 e. The third-order valence-electron chi connectivity index (χ3n) is 4.56. The van der Waals surface area contributed by atoms with Crippen LogP contribution in [0, 0.1) is 19.8 Å². The molecule has 1 atom stereocenters. The van der Waals surface area contributed by atoms with Crippen LogP contribution in [0.4, 0.5) is 16.2 Å². The molecule has 0 aliphatic carbocycles. The molecule has 9 nitrogen and oxygen atoms in total. The van der Waals surface area contributed by atoms with Crippen LogP contribution in [-0.2, 0) is 14.4 Å². The number of nitrogens with zero attached hydrogens (tertiary/aromatic N) is 2. The van der Waals surface area contributed by atoms with Crippen LogP contribution in [-0.4, -0.2) is 29.5 Å². The number of nitrogens with one attached hydrogen (secondary N) is 2. The molecule has 160 valence electrons. The Morgan fingerprint density at radius 2 is 1.65 bits per heavy atom. The first-order valence-corrected chi connectivity index (χ1v) is 9.70. The number of urea groups is 1. The summed E-state index contributed by atoms with van der Waals surface area (Å²) in [7, 11) is 0. The van der Waals surface area contributed by atoms with Crippen molar-refractivity contribution in [2.24, 2.45) is 16.8 Å². The summed E-state index contributed by atoms with van der Waals surface area (Å²) in [5.41, 5.74) is 8.29. The molecule has 0 bridgehead atoms. The van der Waals surface area contributed by atoms with Crippen molar-refractivity contribution in [3.05, 3.63) is 57.6 Å². The average molecular weight is 462 g/mol. The van der Waals surface area contributed by atoms with Crippen molar-refractivity contribution in [2.45, 2.75) is 13.8 Å². The average Bonchev–Trinajstić information content (AvgIpc) is 2.92. The molecule has 0 spiro atoms. The van der Waals surface area contributed by atoms with Gasteiger partial charge in [-0.25, -0.2) is 15.1 Å². The molecule has 1 aliphatic rings. The third kappa shape index (κ3) is 4.52. The largest absolute Gasteiger partial charge is 0.350 e. The molecule has 0 saturated carbocycles. The Balaban J connectivity index is 2.02. The Morgan fingerprint density at radius 3 is 2.23 bits per heavy atom. The van der Waals surface area contributed by atoms with E-state index in [1.807, 2.05) is 5.43 Å². The molecule has 31 heavy (non-hydrogen) atoms. The summed E-state index contributed by atoms with van der Waals surface area (Å²) in [5.74, 6) is -4.10. The molecular formula is C20H17Cl2N5O4. The highest BCUT2D eigenvalue weighted by Gasteiger charge is 2.50. The Labute approximate surface area is 187 Å². The number of primary amides is 1. The minimum Gasteiger partial charge on any atom is -0.350 e. The van der Waals surface area contributed by atoms with E-state index in [1.54, 1.807) is 38.1 Å². The van der Waals surface area contributed by atoms with Gasteiger partial charge in [-0.1, -0.05) is 23.2 Å². The van der Waals surface area contributed by atoms with E-state index in [2.05, 4.69) is 10.4 Å². The molecule has 11 heteroatoms. The van der Waals surface area contributed by atoms with Gasteiger partial charge in [0.15, 0.2) is 5.92 Å². The number of anilines is 2. The van der Waals surface area contributed by atoms with Crippen molar-refractivity contribution < 1.29 is 19.2 Å². The molecule has 1 fully saturated rings. The zero-order valence-electron chi connectivity index (χ0n) is 16.4. The van der Waals surface area contributed by atoms with Crippen molar-refractivity contribution in [3.8, 4) is 0 Å². The highest BCUT2D eigenvalue weighted by atomic mass is 35.5. The molecule has 0 aromatic heterocycles. The van der Waals surface area contributed by atoms with Crippen LogP contribution in [0.3, 0.4) is 0 Å². The van der Waals surface area contributed by atoms with Crippen molar-refractivity contribution in [2.75, 3.05) is 10.2 Å². The van der Waals surface area contributed by atoms with Gasteiger partial charge in [0.2, 0.25) is 5.91 Å². The number of amides is 5. The predicted octanol–water partition coefficient (Wildman–Crippen LogP) is 2.76. The molecule has 1 unspecified atom stereocenters. The minimum atomic E-state index is -1.61. The number of hydrogen-bond donors (Lipinski definition) is 3. The first-order valence-electron chi connectivity index (χ1n) is 8.94. The van der Waals surface area contributed by atoms with Crippen LogP contribution in [0.2, 0.25) is 10.0 Å². The first-order chi connectivity index (χ1) is 14.6. The number of nitrogens with two attached hydrogens (primary N) is 1. The second-order valence-electron chi connectivity index (χ2n) is 6.76. The standard InChI is InChI=1S/C20H17Cl2N5O4/c1-9-7-11(21)3-5-13(9)24-17(28)15-16(25-26-20(23)31)19(30)27(18(15)29)14-6-4-12(22)8-10(14)2/h3-8,15H,1-2H3,(H,24,28)(H3,23,26,31). The van der Waals surface area contributed by atoms with Crippen molar-refractivity contribution in [3.63, 3.8) is 0 Å². The summed E-state index contributed by atoms with van der Waals surface area (Å²) in [5, 5.41) is 7.12. The number of carbonyl (C=O) groups is 4. The number of hydrogen-bond acceptors (Lipinski definition) is 5. The summed E-state index contributed by atoms with van der Waals surface area (Å²) in [6, 6.07) is 8.27. The number of imide groups is 1. The van der Waals surface area contributed by atoms with Crippen LogP contribution < -0.4 is 21.4 Å². The van der Waals surface area contributed by atoms with Crippen LogP contribution in [0.1, 0.15) is 11.1 Å². The molecule has 2 aromatic rings. The zero-order valence-corrected chi connectivity index (χ0v) is 17.9. The lowest BCUT2D eigenvalue weighted by Crippen LogP contribution is -2.35. The number of halogens is 2. The summed E-state index contributed by atoms with van der Waals surface area (Å²) in [6.07, 6.45) is 0. The molecule has 1 saturated heterocycles. The van der Waals surface area contributed by atoms with Gasteiger partial charge < -0.3 is 11.1 Å². The normalized spacial score (nSPS) is 17.2. The quantitative estimate of drug-likeness (QED) is 0.366. The van der Waals surface area contributed by atoms with Gasteiger partial charge in [-0.15, -0.1) is 0 Å². The Morgan fingerprint density at radius 1 is 1.03 bits per heavy atom. The van der Waals surface area contributed by atoms with Crippen molar-refractivity contribution in [1.29, 1.82) is 0 Å². The maximum absolute atomic E-state index is 13.1. The lowest BCUT2D eigenvalue weighted by Gasteiger charge is -2.17. The van der Waals surface area contributed by atoms with E-state index in [-0.39, 0.29) is 5.69 Å². The lowest BCUT2D eigenvalue weighted by molar-refractivity contribution is -0.127. The monoisotopic (exact) mass is 461 g/mol. The number of rotatable bonds is 4. The third-order valence-corrected chi connectivity index (χ3v) is 5.03. The van der Waals surface area contributed by atoms with Crippen LogP contribution >= 0.6 is 23.2 Å². The fraction of sp³-hybridized carbons (Fsp3) is 0.150. The minimum absolute atomic E-state index is 0.240. The highest BCUT2D eigenvalue weighted by molar-refractivity contribution is 6.61. The molecule has 1 aliphatic heterocycles. The van der Waals surface area contributed by atoms with Crippen molar-refractivity contribution in [1.82, 2.24) is 5.43 Å². The fourth-order valence-corrected chi connectivity index (χ4v) is 3.57. The van der Waals surface area contributed by atoms with E-state index < -0.39 is 35.4 Å². The van der Waals surface area contributed by atoms with Crippen LogP contribution in [0.5, 0.6) is 0 Å². The number of aryl methyl sites for hydroxylation is 2. The predicted molar refractivity (Wildman–Crippen MR) is 117 cm³/mol. The Bertz CT molecular complexity index is 1150. The van der Waals surface area contributed by atoms with Crippen LogP contribution in [0.25, 0.3) is 0 Å². The van der Waals surface area contributed by atoms with Gasteiger partial charge in [-0.05, 0) is 61.4 Å². The maximum atomic E-state index is 13.1. The molecule has 2 aromatic carbocycles. The highest BCUT2D eigenvalue weighted by Crippen LogP contribution is 2.31. The van der Waals surface area contributed by atoms with Gasteiger partial charge >= 0.3 is 6.03 Å². The van der Waals surface area contributed by atoms with Gasteiger partial charge in [-0.2, -0.15) is 5.10 Å². The molecule has 3 rings (SSSR count). The topological polar surface area (TPSA) is 134 Å². The van der Waals surface area contributed by atoms with Crippen LogP contribution in [0.15, 0.2) is 41.5 Å². The van der Waals surface area contributed by atoms with E-state index in [9.17, 15) is 19.2 Å². The molecule has 5 amide bonds. The molecule has 0 radical (unpaired) electrons. The first kappa shape index (κ1) is 22.3. The van der Waals surface area contributed by atoms with E-state index in [4.69, 9.17) is 28.9 Å². The second-order valence-corrected chi connectivity index (χ2v) is 7.64. The van der Waals surface area contributed by atoms with Gasteiger partial charge in [0.25, 0.3) is 11.8 Å². The SMILES string of the molecule is Cc1cc(Cl)ccc1NC(=O)C1C(=O)N(c2ccc(Cl)cc2C)C(=O)C1=NNC(N)=O. The van der Waals surface area contributed by atoms with E-state index in [1.165, 1.54) is 12.1 Å². The Hall–Kier alpha value is -3.43. The molecular weight excluding hydrogens is 445 g/mol. The second kappa shape index (κ2) is 8.75. The number of carbonyl (C=O) groups excluding carboxylic acids is 4. The summed E-state index contributed by atoms with van der Waals surface area (Å²) >= 11 is 11.9. The number of hydrazone groups is 1. The van der Waals surface area contributed by atoms with Crippen molar-refractivity contribution >= 4 is 64.0 Å².